The van der Waals surface area contributed by atoms with Gasteiger partial charge in [-0.3, -0.25) is 4.79 Å². The first kappa shape index (κ1) is 17.6. The number of nitrogens with one attached hydrogen (secondary N) is 1. The third-order valence-electron chi connectivity index (χ3n) is 3.62. The first-order chi connectivity index (χ1) is 12.5. The Balaban J connectivity index is 1.58. The second-order valence-corrected chi connectivity index (χ2v) is 5.62. The van der Waals surface area contributed by atoms with Crippen molar-refractivity contribution in [1.82, 2.24) is 5.32 Å². The number of hydrogen-bond acceptors (Lipinski definition) is 5. The highest BCUT2D eigenvalue weighted by Gasteiger charge is 2.15. The summed E-state index contributed by atoms with van der Waals surface area (Å²) in [5, 5.41) is 12.9. The number of ether oxygens (including phenoxy) is 1. The standard InChI is InChI=1S/C19H16FNO5/c20-13-5-3-6-15(9-13)25-11-14(22)10-21-18(23)16-8-12-4-1-2-7-17(12)26-19(16)24/h1-9,14,22H,10-11H2,(H,21,23)/t14-/m1/s1. The van der Waals surface area contributed by atoms with E-state index in [-0.39, 0.29) is 24.5 Å². The van der Waals surface area contributed by atoms with Gasteiger partial charge in [0.2, 0.25) is 0 Å². The van der Waals surface area contributed by atoms with Crippen LogP contribution in [-0.4, -0.2) is 30.3 Å². The fourth-order valence-corrected chi connectivity index (χ4v) is 2.33. The number of rotatable bonds is 6. The summed E-state index contributed by atoms with van der Waals surface area (Å²) in [6.45, 7) is -0.281. The molecule has 0 radical (unpaired) electrons. The minimum absolute atomic E-state index is 0.138. The van der Waals surface area contributed by atoms with Crippen LogP contribution in [0.2, 0.25) is 0 Å². The molecule has 6 nitrogen and oxygen atoms in total. The fourth-order valence-electron chi connectivity index (χ4n) is 2.33. The number of fused-ring (bicyclic) bond motifs is 1. The molecule has 1 aromatic heterocycles. The van der Waals surface area contributed by atoms with Crippen LogP contribution in [0.25, 0.3) is 11.0 Å². The van der Waals surface area contributed by atoms with Crippen molar-refractivity contribution in [2.24, 2.45) is 0 Å². The van der Waals surface area contributed by atoms with E-state index in [0.717, 1.165) is 0 Å². The zero-order valence-corrected chi connectivity index (χ0v) is 13.6. The van der Waals surface area contributed by atoms with E-state index in [2.05, 4.69) is 5.32 Å². The van der Waals surface area contributed by atoms with Crippen LogP contribution in [0.1, 0.15) is 10.4 Å². The lowest BCUT2D eigenvalue weighted by Crippen LogP contribution is -2.37. The molecule has 1 heterocycles. The van der Waals surface area contributed by atoms with Gasteiger partial charge in [-0.05, 0) is 24.3 Å². The van der Waals surface area contributed by atoms with Gasteiger partial charge in [0, 0.05) is 18.0 Å². The van der Waals surface area contributed by atoms with E-state index < -0.39 is 23.5 Å². The highest BCUT2D eigenvalue weighted by molar-refractivity contribution is 5.96. The van der Waals surface area contributed by atoms with Crippen molar-refractivity contribution >= 4 is 16.9 Å². The molecule has 3 aromatic rings. The molecule has 0 spiro atoms. The summed E-state index contributed by atoms with van der Waals surface area (Å²) < 4.78 is 23.4. The topological polar surface area (TPSA) is 88.8 Å². The van der Waals surface area contributed by atoms with Crippen LogP contribution in [0.15, 0.2) is 63.8 Å². The van der Waals surface area contributed by atoms with Crippen molar-refractivity contribution in [2.75, 3.05) is 13.2 Å². The predicted octanol–water partition coefficient (Wildman–Crippen LogP) is 2.10. The number of aliphatic hydroxyl groups is 1. The van der Waals surface area contributed by atoms with Crippen LogP contribution in [-0.2, 0) is 0 Å². The molecule has 2 aromatic carbocycles. The third-order valence-corrected chi connectivity index (χ3v) is 3.62. The lowest BCUT2D eigenvalue weighted by atomic mass is 10.2. The number of halogens is 1. The maximum absolute atomic E-state index is 13.0. The summed E-state index contributed by atoms with van der Waals surface area (Å²) in [4.78, 5) is 24.1. The molecule has 7 heteroatoms. The van der Waals surface area contributed by atoms with E-state index in [1.54, 1.807) is 30.3 Å². The predicted molar refractivity (Wildman–Crippen MR) is 92.7 cm³/mol. The molecule has 134 valence electrons. The average Bonchev–Trinajstić information content (AvgIpc) is 2.64. The fraction of sp³-hybridized carbons (Fsp3) is 0.158. The number of aliphatic hydroxyl groups excluding tert-OH is 1. The Morgan fingerprint density at radius 2 is 2.00 bits per heavy atom. The normalized spacial score (nSPS) is 11.9. The molecule has 1 atom stereocenters. The largest absolute Gasteiger partial charge is 0.491 e. The Labute approximate surface area is 147 Å². The number of carbonyl (C=O) groups excluding carboxylic acids is 1. The van der Waals surface area contributed by atoms with Crippen molar-refractivity contribution < 1.29 is 23.4 Å². The monoisotopic (exact) mass is 357 g/mol. The maximum atomic E-state index is 13.0. The molecule has 0 saturated heterocycles. The summed E-state index contributed by atoms with van der Waals surface area (Å²) in [5.41, 5.74) is -0.522. The Morgan fingerprint density at radius 3 is 2.81 bits per heavy atom. The summed E-state index contributed by atoms with van der Waals surface area (Å²) >= 11 is 0. The van der Waals surface area contributed by atoms with Crippen LogP contribution in [0.4, 0.5) is 4.39 Å². The molecule has 3 rings (SSSR count). The van der Waals surface area contributed by atoms with E-state index in [9.17, 15) is 19.1 Å². The molecule has 0 fully saturated rings. The van der Waals surface area contributed by atoms with Crippen LogP contribution >= 0.6 is 0 Å². The van der Waals surface area contributed by atoms with Crippen LogP contribution in [0.3, 0.4) is 0 Å². The average molecular weight is 357 g/mol. The Hall–Kier alpha value is -3.19. The van der Waals surface area contributed by atoms with Gasteiger partial charge in [-0.2, -0.15) is 0 Å². The molecule has 26 heavy (non-hydrogen) atoms. The van der Waals surface area contributed by atoms with Gasteiger partial charge >= 0.3 is 5.63 Å². The molecule has 0 bridgehead atoms. The first-order valence-corrected chi connectivity index (χ1v) is 7.90. The molecule has 1 amide bonds. The minimum atomic E-state index is -1.03. The van der Waals surface area contributed by atoms with Crippen LogP contribution in [0, 0.1) is 5.82 Å². The molecule has 2 N–H and O–H groups in total. The van der Waals surface area contributed by atoms with E-state index in [0.29, 0.717) is 11.0 Å². The molecule has 0 aliphatic carbocycles. The number of amides is 1. The second kappa shape index (κ2) is 7.79. The molecule has 0 saturated carbocycles. The SMILES string of the molecule is O=C(NC[C@@H](O)COc1cccc(F)c1)c1cc2ccccc2oc1=O. The number of carbonyl (C=O) groups is 1. The van der Waals surface area contributed by atoms with E-state index in [1.807, 2.05) is 0 Å². The van der Waals surface area contributed by atoms with Gasteiger partial charge in [-0.25, -0.2) is 9.18 Å². The van der Waals surface area contributed by atoms with Gasteiger partial charge in [0.15, 0.2) is 0 Å². The van der Waals surface area contributed by atoms with Gasteiger partial charge in [0.25, 0.3) is 5.91 Å². The Bertz CT molecular complexity index is 985. The zero-order chi connectivity index (χ0) is 18.5. The van der Waals surface area contributed by atoms with Gasteiger partial charge in [-0.1, -0.05) is 24.3 Å². The van der Waals surface area contributed by atoms with Crippen molar-refractivity contribution in [2.45, 2.75) is 6.10 Å². The highest BCUT2D eigenvalue weighted by atomic mass is 19.1. The summed E-state index contributed by atoms with van der Waals surface area (Å²) in [6, 6.07) is 13.8. The van der Waals surface area contributed by atoms with E-state index in [1.165, 1.54) is 24.3 Å². The number of para-hydroxylation sites is 1. The minimum Gasteiger partial charge on any atom is -0.491 e. The third kappa shape index (κ3) is 4.25. The maximum Gasteiger partial charge on any atom is 0.349 e. The van der Waals surface area contributed by atoms with Gasteiger partial charge in [0.1, 0.15) is 35.4 Å². The quantitative estimate of drug-likeness (QED) is 0.660. The van der Waals surface area contributed by atoms with Gasteiger partial charge in [-0.15, -0.1) is 0 Å². The molecule has 0 aliphatic heterocycles. The van der Waals surface area contributed by atoms with Crippen molar-refractivity contribution in [1.29, 1.82) is 0 Å². The Kier molecular flexibility index (Phi) is 5.28. The van der Waals surface area contributed by atoms with Crippen LogP contribution in [0.5, 0.6) is 5.75 Å². The zero-order valence-electron chi connectivity index (χ0n) is 13.6. The molecular weight excluding hydrogens is 341 g/mol. The van der Waals surface area contributed by atoms with Crippen molar-refractivity contribution in [3.05, 3.63) is 76.4 Å². The van der Waals surface area contributed by atoms with Crippen molar-refractivity contribution in [3.63, 3.8) is 0 Å². The van der Waals surface area contributed by atoms with Crippen molar-refractivity contribution in [3.8, 4) is 5.75 Å². The molecule has 0 unspecified atom stereocenters. The Morgan fingerprint density at radius 1 is 1.19 bits per heavy atom. The number of benzene rings is 2. The lowest BCUT2D eigenvalue weighted by Gasteiger charge is -2.13. The lowest BCUT2D eigenvalue weighted by molar-refractivity contribution is 0.0840. The smallest absolute Gasteiger partial charge is 0.349 e. The number of hydrogen-bond donors (Lipinski definition) is 2. The molecule has 0 aliphatic rings. The first-order valence-electron chi connectivity index (χ1n) is 7.90. The summed E-state index contributed by atoms with van der Waals surface area (Å²) in [5.74, 6) is -0.840. The summed E-state index contributed by atoms with van der Waals surface area (Å²) in [6.07, 6.45) is -1.03. The van der Waals surface area contributed by atoms with Gasteiger partial charge < -0.3 is 19.6 Å². The second-order valence-electron chi connectivity index (χ2n) is 5.62. The highest BCUT2D eigenvalue weighted by Crippen LogP contribution is 2.13. The van der Waals surface area contributed by atoms with E-state index in [4.69, 9.17) is 9.15 Å². The van der Waals surface area contributed by atoms with E-state index >= 15 is 0 Å². The summed E-state index contributed by atoms with van der Waals surface area (Å²) in [7, 11) is 0. The molecular formula is C19H16FNO5. The van der Waals surface area contributed by atoms with Gasteiger partial charge in [0.05, 0.1) is 0 Å². The van der Waals surface area contributed by atoms with Crippen LogP contribution < -0.4 is 15.7 Å².